The highest BCUT2D eigenvalue weighted by Crippen LogP contribution is 2.40. The average Bonchev–Trinajstić information content (AvgIpc) is 2.41. The highest BCUT2D eigenvalue weighted by Gasteiger charge is 2.21. The number of aromatic hydroxyl groups is 3. The standard InChI is InChI=1S/C14H18O5/c1-3-4-5-6-7-9-10(14(18)19-2)8-11(15)13(17)12(9)16/h3-4,8,15-17H,5-7H2,1-2H3. The van der Waals surface area contributed by atoms with Crippen molar-refractivity contribution in [2.45, 2.75) is 26.2 Å². The molecule has 0 saturated heterocycles. The Balaban J connectivity index is 3.11. The summed E-state index contributed by atoms with van der Waals surface area (Å²) in [6.07, 6.45) is 5.77. The molecule has 1 aromatic rings. The van der Waals surface area contributed by atoms with Crippen molar-refractivity contribution in [3.8, 4) is 17.2 Å². The van der Waals surface area contributed by atoms with Gasteiger partial charge in [0, 0.05) is 5.56 Å². The number of rotatable bonds is 5. The Morgan fingerprint density at radius 3 is 2.58 bits per heavy atom. The third-order valence-corrected chi connectivity index (χ3v) is 2.80. The largest absolute Gasteiger partial charge is 0.504 e. The van der Waals surface area contributed by atoms with E-state index in [2.05, 4.69) is 4.74 Å². The second-order valence-electron chi connectivity index (χ2n) is 4.07. The Hall–Kier alpha value is -2.17. The van der Waals surface area contributed by atoms with Crippen molar-refractivity contribution >= 4 is 5.97 Å². The molecule has 0 aliphatic carbocycles. The van der Waals surface area contributed by atoms with E-state index in [9.17, 15) is 20.1 Å². The number of phenols is 3. The summed E-state index contributed by atoms with van der Waals surface area (Å²) in [5.74, 6) is -2.30. The molecule has 0 saturated carbocycles. The summed E-state index contributed by atoms with van der Waals surface area (Å²) in [5.41, 5.74) is 0.349. The highest BCUT2D eigenvalue weighted by molar-refractivity contribution is 5.93. The normalized spacial score (nSPS) is 10.8. The average molecular weight is 266 g/mol. The molecule has 5 heteroatoms. The summed E-state index contributed by atoms with van der Waals surface area (Å²) in [6.45, 7) is 1.91. The van der Waals surface area contributed by atoms with Gasteiger partial charge in [-0.05, 0) is 32.3 Å². The maximum Gasteiger partial charge on any atom is 0.338 e. The predicted octanol–water partition coefficient (Wildman–Crippen LogP) is 2.49. The van der Waals surface area contributed by atoms with Crippen LogP contribution in [-0.4, -0.2) is 28.4 Å². The van der Waals surface area contributed by atoms with Crippen LogP contribution in [0.5, 0.6) is 17.2 Å². The molecule has 5 nitrogen and oxygen atoms in total. The van der Waals surface area contributed by atoms with E-state index in [0.29, 0.717) is 12.8 Å². The minimum Gasteiger partial charge on any atom is -0.504 e. The van der Waals surface area contributed by atoms with Crippen molar-refractivity contribution in [2.75, 3.05) is 7.11 Å². The highest BCUT2D eigenvalue weighted by atomic mass is 16.5. The molecule has 19 heavy (non-hydrogen) atoms. The monoisotopic (exact) mass is 266 g/mol. The Kier molecular flexibility index (Phi) is 5.23. The van der Waals surface area contributed by atoms with E-state index in [1.165, 1.54) is 7.11 Å². The molecule has 1 aromatic carbocycles. The van der Waals surface area contributed by atoms with Crippen LogP contribution in [0.15, 0.2) is 18.2 Å². The van der Waals surface area contributed by atoms with Gasteiger partial charge in [-0.2, -0.15) is 0 Å². The van der Waals surface area contributed by atoms with Gasteiger partial charge in [0.1, 0.15) is 0 Å². The fourth-order valence-corrected chi connectivity index (χ4v) is 1.79. The first kappa shape index (κ1) is 14.9. The molecular formula is C14H18O5. The number of carbonyl (C=O) groups is 1. The van der Waals surface area contributed by atoms with Gasteiger partial charge >= 0.3 is 5.97 Å². The van der Waals surface area contributed by atoms with E-state index in [4.69, 9.17) is 0 Å². The van der Waals surface area contributed by atoms with Gasteiger partial charge in [0.05, 0.1) is 12.7 Å². The first-order chi connectivity index (χ1) is 9.02. The van der Waals surface area contributed by atoms with Crippen molar-refractivity contribution in [1.29, 1.82) is 0 Å². The second kappa shape index (κ2) is 6.68. The molecule has 0 aromatic heterocycles. The Bertz CT molecular complexity index is 491. The third-order valence-electron chi connectivity index (χ3n) is 2.80. The summed E-state index contributed by atoms with van der Waals surface area (Å²) < 4.78 is 4.60. The zero-order valence-electron chi connectivity index (χ0n) is 11.0. The van der Waals surface area contributed by atoms with Gasteiger partial charge in [-0.1, -0.05) is 12.2 Å². The van der Waals surface area contributed by atoms with E-state index in [1.807, 2.05) is 19.1 Å². The number of ether oxygens (including phenoxy) is 1. The van der Waals surface area contributed by atoms with E-state index in [1.54, 1.807) is 0 Å². The van der Waals surface area contributed by atoms with Gasteiger partial charge in [-0.3, -0.25) is 0 Å². The van der Waals surface area contributed by atoms with Crippen LogP contribution < -0.4 is 0 Å². The first-order valence-corrected chi connectivity index (χ1v) is 5.99. The predicted molar refractivity (Wildman–Crippen MR) is 70.5 cm³/mol. The van der Waals surface area contributed by atoms with E-state index in [0.717, 1.165) is 12.5 Å². The summed E-state index contributed by atoms with van der Waals surface area (Å²) in [6, 6.07) is 1.10. The molecule has 0 heterocycles. The van der Waals surface area contributed by atoms with Crippen molar-refractivity contribution < 1.29 is 24.9 Å². The number of benzene rings is 1. The minimum atomic E-state index is -0.661. The lowest BCUT2D eigenvalue weighted by molar-refractivity contribution is 0.0598. The lowest BCUT2D eigenvalue weighted by Crippen LogP contribution is -2.06. The van der Waals surface area contributed by atoms with E-state index < -0.39 is 23.2 Å². The Morgan fingerprint density at radius 2 is 2.00 bits per heavy atom. The van der Waals surface area contributed by atoms with Crippen LogP contribution in [0.4, 0.5) is 0 Å². The van der Waals surface area contributed by atoms with Gasteiger partial charge in [0.2, 0.25) is 5.75 Å². The molecule has 0 atom stereocenters. The van der Waals surface area contributed by atoms with E-state index >= 15 is 0 Å². The quantitative estimate of drug-likeness (QED) is 0.330. The van der Waals surface area contributed by atoms with Gasteiger partial charge in [-0.15, -0.1) is 0 Å². The van der Waals surface area contributed by atoms with Gasteiger partial charge in [-0.25, -0.2) is 4.79 Å². The number of methoxy groups -OCH3 is 1. The molecule has 3 N–H and O–H groups in total. The number of unbranched alkanes of at least 4 members (excludes halogenated alkanes) is 1. The van der Waals surface area contributed by atoms with Crippen LogP contribution in [0, 0.1) is 0 Å². The smallest absolute Gasteiger partial charge is 0.338 e. The molecule has 0 radical (unpaired) electrons. The molecule has 104 valence electrons. The maximum atomic E-state index is 11.6. The van der Waals surface area contributed by atoms with Crippen LogP contribution in [0.2, 0.25) is 0 Å². The maximum absolute atomic E-state index is 11.6. The zero-order chi connectivity index (χ0) is 14.4. The molecule has 1 rings (SSSR count). The number of esters is 1. The fraction of sp³-hybridized carbons (Fsp3) is 0.357. The van der Waals surface area contributed by atoms with Crippen LogP contribution in [0.25, 0.3) is 0 Å². The molecule has 0 aliphatic heterocycles. The van der Waals surface area contributed by atoms with E-state index in [-0.39, 0.29) is 11.1 Å². The fourth-order valence-electron chi connectivity index (χ4n) is 1.79. The number of allylic oxidation sites excluding steroid dienone is 2. The minimum absolute atomic E-state index is 0.0655. The van der Waals surface area contributed by atoms with Gasteiger partial charge < -0.3 is 20.1 Å². The van der Waals surface area contributed by atoms with Crippen LogP contribution in [-0.2, 0) is 11.2 Å². The van der Waals surface area contributed by atoms with Crippen molar-refractivity contribution in [2.24, 2.45) is 0 Å². The second-order valence-corrected chi connectivity index (χ2v) is 4.07. The summed E-state index contributed by atoms with van der Waals surface area (Å²) in [7, 11) is 1.22. The number of hydrogen-bond donors (Lipinski definition) is 3. The summed E-state index contributed by atoms with van der Waals surface area (Å²) in [5, 5.41) is 28.8. The van der Waals surface area contributed by atoms with Crippen molar-refractivity contribution in [3.05, 3.63) is 29.3 Å². The number of hydrogen-bond acceptors (Lipinski definition) is 5. The first-order valence-electron chi connectivity index (χ1n) is 5.99. The molecule has 0 fully saturated rings. The SMILES string of the molecule is CC=CCCCc1c(C(=O)OC)cc(O)c(O)c1O. The molecular weight excluding hydrogens is 248 g/mol. The van der Waals surface area contributed by atoms with Crippen molar-refractivity contribution in [3.63, 3.8) is 0 Å². The third kappa shape index (κ3) is 3.40. The lowest BCUT2D eigenvalue weighted by Gasteiger charge is -2.12. The lowest BCUT2D eigenvalue weighted by atomic mass is 9.99. The van der Waals surface area contributed by atoms with Crippen LogP contribution >= 0.6 is 0 Å². The number of phenolic OH excluding ortho intramolecular Hbond substituents is 3. The Morgan fingerprint density at radius 1 is 1.32 bits per heavy atom. The number of carbonyl (C=O) groups excluding carboxylic acids is 1. The Labute approximate surface area is 111 Å². The van der Waals surface area contributed by atoms with Gasteiger partial charge in [0.15, 0.2) is 11.5 Å². The van der Waals surface area contributed by atoms with Crippen LogP contribution in [0.3, 0.4) is 0 Å². The zero-order valence-corrected chi connectivity index (χ0v) is 11.0. The van der Waals surface area contributed by atoms with Gasteiger partial charge in [0.25, 0.3) is 0 Å². The molecule has 0 aliphatic rings. The van der Waals surface area contributed by atoms with Crippen LogP contribution in [0.1, 0.15) is 35.7 Å². The summed E-state index contributed by atoms with van der Waals surface area (Å²) >= 11 is 0. The molecule has 0 spiro atoms. The molecule has 0 amide bonds. The molecule has 0 unspecified atom stereocenters. The van der Waals surface area contributed by atoms with Crippen molar-refractivity contribution in [1.82, 2.24) is 0 Å². The topological polar surface area (TPSA) is 87.0 Å². The molecule has 0 bridgehead atoms. The summed E-state index contributed by atoms with van der Waals surface area (Å²) in [4.78, 5) is 11.6.